The predicted octanol–water partition coefficient (Wildman–Crippen LogP) is 3.83. The first kappa shape index (κ1) is 23.0. The summed E-state index contributed by atoms with van der Waals surface area (Å²) in [4.78, 5) is 1.95. The lowest BCUT2D eigenvalue weighted by Gasteiger charge is -2.60. The van der Waals surface area contributed by atoms with Crippen molar-refractivity contribution < 1.29 is 19.3 Å². The van der Waals surface area contributed by atoms with E-state index < -0.39 is 29.1 Å². The Morgan fingerprint density at radius 2 is 1.83 bits per heavy atom. The Labute approximate surface area is 210 Å². The summed E-state index contributed by atoms with van der Waals surface area (Å²) >= 11 is 0. The van der Waals surface area contributed by atoms with E-state index in [0.29, 0.717) is 37.7 Å². The number of hydrogen-bond acceptors (Lipinski definition) is 6. The molecule has 5 aliphatic rings. The Balaban J connectivity index is 1.30. The second kappa shape index (κ2) is 7.22. The van der Waals surface area contributed by atoms with Crippen LogP contribution in [-0.4, -0.2) is 74.5 Å². The largest absolute Gasteiger partial charge is 0.388 e. The number of rotatable bonds is 2. The van der Waals surface area contributed by atoms with Crippen LogP contribution in [-0.2, 0) is 4.74 Å². The lowest BCUT2D eigenvalue weighted by Crippen LogP contribution is -2.68. The van der Waals surface area contributed by atoms with Crippen molar-refractivity contribution in [2.24, 2.45) is 11.3 Å². The molecule has 0 radical (unpaired) electrons. The average Bonchev–Trinajstić information content (AvgIpc) is 3.39. The van der Waals surface area contributed by atoms with Gasteiger partial charge in [-0.05, 0) is 86.9 Å². The maximum absolute atomic E-state index is 17.1. The van der Waals surface area contributed by atoms with Crippen molar-refractivity contribution in [3.8, 4) is 0 Å². The monoisotopic (exact) mass is 491 g/mol. The lowest BCUT2D eigenvalue weighted by atomic mass is 9.53. The van der Waals surface area contributed by atoms with Crippen molar-refractivity contribution in [2.75, 3.05) is 14.1 Å². The second-order valence-electron chi connectivity index (χ2n) is 12.3. The summed E-state index contributed by atoms with van der Waals surface area (Å²) in [6, 6.07) is 6.17. The summed E-state index contributed by atoms with van der Waals surface area (Å²) in [7, 11) is 3.83. The number of aliphatic hydroxyl groups is 2. The molecule has 1 aromatic carbocycles. The van der Waals surface area contributed by atoms with Crippen molar-refractivity contribution in [1.29, 1.82) is 0 Å². The third kappa shape index (κ3) is 2.70. The van der Waals surface area contributed by atoms with Crippen LogP contribution in [0, 0.1) is 11.3 Å². The van der Waals surface area contributed by atoms with Gasteiger partial charge in [0.05, 0.1) is 24.1 Å². The van der Waals surface area contributed by atoms with Crippen LogP contribution in [0.4, 0.5) is 4.39 Å². The second-order valence-corrected chi connectivity index (χ2v) is 12.3. The first-order valence-corrected chi connectivity index (χ1v) is 13.2. The minimum absolute atomic E-state index is 0.00369. The Morgan fingerprint density at radius 3 is 2.61 bits per heavy atom. The molecular weight excluding hydrogens is 457 g/mol. The van der Waals surface area contributed by atoms with E-state index >= 15 is 4.39 Å². The van der Waals surface area contributed by atoms with Crippen LogP contribution in [0.3, 0.4) is 0 Å². The van der Waals surface area contributed by atoms with Gasteiger partial charge in [0.1, 0.15) is 11.7 Å². The fourth-order valence-electron chi connectivity index (χ4n) is 8.59. The van der Waals surface area contributed by atoms with E-state index in [2.05, 4.69) is 41.4 Å². The van der Waals surface area contributed by atoms with Gasteiger partial charge in [0.2, 0.25) is 0 Å². The maximum Gasteiger partial charge on any atom is 0.158 e. The molecule has 1 aromatic heterocycles. The third-order valence-electron chi connectivity index (χ3n) is 10.5. The Kier molecular flexibility index (Phi) is 4.61. The number of alkyl halides is 1. The molecule has 7 rings (SSSR count). The van der Waals surface area contributed by atoms with Gasteiger partial charge in [0.25, 0.3) is 0 Å². The topological polar surface area (TPSA) is 78.7 Å². The lowest BCUT2D eigenvalue weighted by molar-refractivity contribution is -0.239. The molecule has 2 spiro atoms. The predicted molar refractivity (Wildman–Crippen MR) is 135 cm³/mol. The van der Waals surface area contributed by atoms with Crippen LogP contribution in [0.25, 0.3) is 16.3 Å². The number of likely N-dealkylation sites (N-methyl/N-ethyl adjacent to an activating group) is 1. The van der Waals surface area contributed by atoms with Crippen LogP contribution >= 0.6 is 0 Å². The zero-order valence-corrected chi connectivity index (χ0v) is 21.1. The molecule has 2 N–H and O–H groups in total. The van der Waals surface area contributed by atoms with Gasteiger partial charge in [-0.15, -0.1) is 0 Å². The Bertz CT molecular complexity index is 1330. The molecule has 8 atom stereocenters. The van der Waals surface area contributed by atoms with Crippen LogP contribution in [0.5, 0.6) is 0 Å². The summed E-state index contributed by atoms with van der Waals surface area (Å²) in [6.45, 7) is 2.29. The number of allylic oxidation sites excluding steroid dienone is 2. The molecule has 3 heterocycles. The van der Waals surface area contributed by atoms with Crippen LogP contribution in [0.2, 0.25) is 0 Å². The van der Waals surface area contributed by atoms with E-state index in [0.717, 1.165) is 22.8 Å². The van der Waals surface area contributed by atoms with E-state index in [1.54, 1.807) is 18.5 Å². The number of nitrogens with zero attached hydrogens (tertiary/aromatic N) is 3. The number of fused-ring (bicyclic) bond motifs is 2. The summed E-state index contributed by atoms with van der Waals surface area (Å²) in [6.07, 6.45) is 9.18. The van der Waals surface area contributed by atoms with Gasteiger partial charge in [-0.3, -0.25) is 0 Å². The summed E-state index contributed by atoms with van der Waals surface area (Å²) < 4.78 is 24.2. The van der Waals surface area contributed by atoms with E-state index in [9.17, 15) is 10.2 Å². The van der Waals surface area contributed by atoms with Crippen LogP contribution < -0.4 is 0 Å². The van der Waals surface area contributed by atoms with Crippen molar-refractivity contribution in [3.63, 3.8) is 0 Å². The van der Waals surface area contributed by atoms with E-state index in [1.807, 2.05) is 19.0 Å². The molecule has 0 amide bonds. The highest BCUT2D eigenvalue weighted by Crippen LogP contribution is 2.71. The Morgan fingerprint density at radius 1 is 1.06 bits per heavy atom. The Hall–Kier alpha value is -2.19. The molecule has 36 heavy (non-hydrogen) atoms. The van der Waals surface area contributed by atoms with Gasteiger partial charge < -0.3 is 19.8 Å². The molecule has 3 fully saturated rings. The number of halogens is 1. The van der Waals surface area contributed by atoms with Crippen LogP contribution in [0.1, 0.15) is 51.0 Å². The van der Waals surface area contributed by atoms with Gasteiger partial charge >= 0.3 is 0 Å². The average molecular weight is 492 g/mol. The fourth-order valence-corrected chi connectivity index (χ4v) is 8.59. The molecular formula is C29H34FN3O3. The smallest absolute Gasteiger partial charge is 0.158 e. The number of ether oxygens (including phenoxy) is 1. The highest BCUT2D eigenvalue weighted by atomic mass is 19.1. The third-order valence-corrected chi connectivity index (χ3v) is 10.5. The normalized spacial score (nSPS) is 45.2. The molecule has 2 aromatic rings. The minimum atomic E-state index is -1.65. The van der Waals surface area contributed by atoms with E-state index in [-0.39, 0.29) is 17.4 Å². The highest BCUT2D eigenvalue weighted by Gasteiger charge is 2.74. The van der Waals surface area contributed by atoms with Gasteiger partial charge in [0, 0.05) is 22.7 Å². The van der Waals surface area contributed by atoms with Crippen molar-refractivity contribution >= 4 is 16.3 Å². The molecule has 2 bridgehead atoms. The van der Waals surface area contributed by atoms with Gasteiger partial charge in [-0.25, -0.2) is 4.39 Å². The molecule has 2 saturated carbocycles. The quantitative estimate of drug-likeness (QED) is 0.622. The molecule has 1 saturated heterocycles. The molecule has 6 nitrogen and oxygen atoms in total. The zero-order valence-electron chi connectivity index (χ0n) is 21.1. The minimum Gasteiger partial charge on any atom is -0.388 e. The standard InChI is InChI=1S/C29H34FN3O3/c1-26-8-10-28(30)13-21-24(34)25(35)22(33(2)3)14-27(21)9-11-29(28,36-27)23(26)7-6-20(26)17-4-5-18-15-31-32-16-19(18)12-17/h4-6,12-13,15-16,22-25,34-35H,7-11,14H2,1-3H3. The van der Waals surface area contributed by atoms with E-state index in [1.165, 1.54) is 5.57 Å². The summed E-state index contributed by atoms with van der Waals surface area (Å²) in [5.74, 6) is 0.00369. The molecule has 8 unspecified atom stereocenters. The number of hydrogen-bond donors (Lipinski definition) is 2. The highest BCUT2D eigenvalue weighted by molar-refractivity contribution is 5.86. The van der Waals surface area contributed by atoms with Gasteiger partial charge in [-0.1, -0.05) is 25.1 Å². The molecule has 7 heteroatoms. The number of aliphatic hydroxyl groups excluding tert-OH is 2. The zero-order chi connectivity index (χ0) is 25.1. The first-order chi connectivity index (χ1) is 17.1. The first-order valence-electron chi connectivity index (χ1n) is 13.2. The molecule has 3 aliphatic carbocycles. The van der Waals surface area contributed by atoms with E-state index in [4.69, 9.17) is 4.74 Å². The molecule has 190 valence electrons. The maximum atomic E-state index is 17.1. The van der Waals surface area contributed by atoms with Crippen molar-refractivity contribution in [1.82, 2.24) is 15.1 Å². The van der Waals surface area contributed by atoms with Crippen molar-refractivity contribution in [3.05, 3.63) is 53.9 Å². The summed E-state index contributed by atoms with van der Waals surface area (Å²) in [5, 5.41) is 32.1. The number of benzene rings is 1. The number of aromatic nitrogens is 2. The van der Waals surface area contributed by atoms with Crippen molar-refractivity contribution in [2.45, 2.75) is 80.6 Å². The van der Waals surface area contributed by atoms with Gasteiger partial charge in [-0.2, -0.15) is 10.2 Å². The van der Waals surface area contributed by atoms with Crippen LogP contribution in [0.15, 0.2) is 48.3 Å². The van der Waals surface area contributed by atoms with Gasteiger partial charge in [0.15, 0.2) is 5.67 Å². The fraction of sp³-hybridized carbons (Fsp3) is 0.586. The summed E-state index contributed by atoms with van der Waals surface area (Å²) in [5.41, 5.74) is -0.517. The molecule has 2 aliphatic heterocycles. The SMILES string of the molecule is CN(C)C1CC23CCC4(O2)C2CC=C(c5ccc6cnncc6c5)C2(C)CCC4(F)C=C3C(O)C1O.